The molecule has 1 N–H and O–H groups in total. The fourth-order valence-corrected chi connectivity index (χ4v) is 9.93. The number of rotatable bonds is 7. The van der Waals surface area contributed by atoms with Gasteiger partial charge < -0.3 is 23.8 Å². The Hall–Kier alpha value is -6.71. The zero-order valence-electron chi connectivity index (χ0n) is 36.7. The van der Waals surface area contributed by atoms with Crippen LogP contribution in [-0.4, -0.2) is 77.1 Å². The molecule has 10 rings (SSSR count). The number of aryl methyl sites for hydroxylation is 1. The van der Waals surface area contributed by atoms with E-state index in [1.165, 1.54) is 5.56 Å². The number of fused-ring (bicyclic) bond motifs is 4. The van der Waals surface area contributed by atoms with Gasteiger partial charge in [0, 0.05) is 92.8 Å². The third kappa shape index (κ3) is 5.97. The molecule has 62 heavy (non-hydrogen) atoms. The lowest BCUT2D eigenvalue weighted by atomic mass is 9.77. The number of ether oxygens (including phenoxy) is 3. The first-order valence-corrected chi connectivity index (χ1v) is 20.9. The molecule has 0 radical (unpaired) electrons. The Balaban J connectivity index is 0.000000158. The molecule has 2 aromatic heterocycles. The van der Waals surface area contributed by atoms with Gasteiger partial charge in [-0.1, -0.05) is 48.0 Å². The summed E-state index contributed by atoms with van der Waals surface area (Å²) < 4.78 is 23.2. The fourth-order valence-electron chi connectivity index (χ4n) is 9.76. The number of hydrogen-bond donors (Lipinski definition) is 1. The Morgan fingerprint density at radius 1 is 0.661 bits per heavy atom. The predicted octanol–water partition coefficient (Wildman–Crippen LogP) is 10.2. The molecule has 0 fully saturated rings. The summed E-state index contributed by atoms with van der Waals surface area (Å²) in [6, 6.07) is 28.1. The van der Waals surface area contributed by atoms with Crippen molar-refractivity contribution in [3.63, 3.8) is 0 Å². The van der Waals surface area contributed by atoms with Gasteiger partial charge in [-0.15, -0.1) is 0 Å². The van der Waals surface area contributed by atoms with Gasteiger partial charge in [-0.2, -0.15) is 9.15 Å². The normalized spacial score (nSPS) is 18.7. The third-order valence-corrected chi connectivity index (χ3v) is 13.4. The number of halogens is 1. The molecule has 6 aromatic rings. The van der Waals surface area contributed by atoms with E-state index in [1.807, 2.05) is 117 Å². The van der Waals surface area contributed by atoms with Crippen LogP contribution in [0.2, 0.25) is 5.02 Å². The third-order valence-electron chi connectivity index (χ3n) is 13.1. The van der Waals surface area contributed by atoms with Crippen LogP contribution in [0, 0.1) is 0 Å². The van der Waals surface area contributed by atoms with E-state index < -0.39 is 0 Å². The number of aromatic nitrogens is 2. The van der Waals surface area contributed by atoms with Crippen LogP contribution in [0.4, 0.5) is 11.4 Å². The summed E-state index contributed by atoms with van der Waals surface area (Å²) in [6.45, 7) is 8.65. The van der Waals surface area contributed by atoms with Crippen molar-refractivity contribution in [1.29, 1.82) is 0 Å². The van der Waals surface area contributed by atoms with Crippen molar-refractivity contribution in [3.05, 3.63) is 159 Å². The maximum absolute atomic E-state index is 13.4. The standard InChI is InChI=1S/C27H27N2O3.C25H21ClN2O2/c1-27(2)20-13-16(31-5)11-12-22(20)29(4)23(27)14-18-25(30)24(26(18)32-6)19-15-28(3)21-10-8-7-9-17(19)21;1-25(2)18-11-14(26)9-10-20(18)28(3)21(25)12-16-23(29)22(24(16)30-4)17-13-27-19-8-6-5-7-15(17)19/h7-15H,1-6H3;5-13H,1-4H3/q+1;/p+1. The zero-order chi connectivity index (χ0) is 44.0. The van der Waals surface area contributed by atoms with Gasteiger partial charge in [0.1, 0.15) is 31.4 Å². The van der Waals surface area contributed by atoms with Crippen LogP contribution in [0.5, 0.6) is 5.75 Å². The number of benzene rings is 4. The second-order valence-electron chi connectivity index (χ2n) is 17.2. The number of carbonyl (C=O) groups is 2. The minimum absolute atomic E-state index is 0.00212. The van der Waals surface area contributed by atoms with Gasteiger partial charge in [-0.05, 0) is 64.1 Å². The molecule has 0 bridgehead atoms. The second-order valence-corrected chi connectivity index (χ2v) is 17.6. The minimum atomic E-state index is -0.280. The molecule has 10 heteroatoms. The summed E-state index contributed by atoms with van der Waals surface area (Å²) in [5, 5.41) is 2.78. The minimum Gasteiger partial charge on any atom is -0.497 e. The van der Waals surface area contributed by atoms with Crippen LogP contribution in [-0.2, 0) is 36.9 Å². The number of para-hydroxylation sites is 2. The molecule has 0 amide bonds. The Kier molecular flexibility index (Phi) is 9.67. The van der Waals surface area contributed by atoms with Crippen LogP contribution in [0.1, 0.15) is 49.9 Å². The Bertz CT molecular complexity index is 3160. The highest BCUT2D eigenvalue weighted by atomic mass is 35.5. The van der Waals surface area contributed by atoms with Crippen LogP contribution in [0.25, 0.3) is 33.0 Å². The lowest BCUT2D eigenvalue weighted by molar-refractivity contribution is -0.401. The fraction of sp³-hybridized carbons (Fsp3) is 0.231. The van der Waals surface area contributed by atoms with Crippen molar-refractivity contribution in [3.8, 4) is 5.75 Å². The summed E-state index contributed by atoms with van der Waals surface area (Å²) in [5.74, 6) is 2.13. The molecule has 2 aliphatic heterocycles. The van der Waals surface area contributed by atoms with Crippen molar-refractivity contribution >= 4 is 78.9 Å². The predicted molar refractivity (Wildman–Crippen MR) is 247 cm³/mol. The van der Waals surface area contributed by atoms with Gasteiger partial charge in [0.15, 0.2) is 11.4 Å². The lowest BCUT2D eigenvalue weighted by Crippen LogP contribution is -2.30. The molecule has 312 valence electrons. The van der Waals surface area contributed by atoms with E-state index in [2.05, 4.69) is 60.0 Å². The number of nitrogens with one attached hydrogen (secondary N) is 1. The highest BCUT2D eigenvalue weighted by Gasteiger charge is 2.48. The smallest absolute Gasteiger partial charge is 0.209 e. The topological polar surface area (TPSA) is 88.6 Å². The van der Waals surface area contributed by atoms with Crippen molar-refractivity contribution in [2.75, 3.05) is 35.4 Å². The van der Waals surface area contributed by atoms with Crippen molar-refractivity contribution in [2.45, 2.75) is 38.5 Å². The lowest BCUT2D eigenvalue weighted by Gasteiger charge is -2.25. The van der Waals surface area contributed by atoms with Crippen molar-refractivity contribution < 1.29 is 33.0 Å². The molecule has 4 aliphatic rings. The second kappa shape index (κ2) is 14.7. The molecule has 4 aromatic carbocycles. The summed E-state index contributed by atoms with van der Waals surface area (Å²) >= 11 is 6.26. The van der Waals surface area contributed by atoms with Gasteiger partial charge >= 0.3 is 0 Å². The monoisotopic (exact) mass is 844 g/mol. The van der Waals surface area contributed by atoms with Crippen LogP contribution < -0.4 is 4.74 Å². The number of Topliss-reactive ketones (excluding diaryl/α,β-unsaturated/α-hetero) is 2. The number of nitrogens with zero attached hydrogens (tertiary/aromatic N) is 3. The van der Waals surface area contributed by atoms with Gasteiger partial charge in [0.25, 0.3) is 0 Å². The average molecular weight is 845 g/mol. The van der Waals surface area contributed by atoms with Crippen LogP contribution >= 0.6 is 11.6 Å². The van der Waals surface area contributed by atoms with Gasteiger partial charge in [-0.25, -0.2) is 0 Å². The van der Waals surface area contributed by atoms with E-state index in [0.717, 1.165) is 67.0 Å². The first-order valence-electron chi connectivity index (χ1n) is 20.6. The maximum atomic E-state index is 13.4. The number of carbonyl (C=O) groups excluding carboxylic acids is 2. The number of ketones is 2. The molecule has 0 spiro atoms. The first kappa shape index (κ1) is 40.7. The summed E-state index contributed by atoms with van der Waals surface area (Å²) in [5.41, 5.74) is 12.4. The van der Waals surface area contributed by atoms with Crippen molar-refractivity contribution in [1.82, 2.24) is 9.55 Å². The Labute approximate surface area is 366 Å². The average Bonchev–Trinajstić information content (AvgIpc) is 3.93. The van der Waals surface area contributed by atoms with Gasteiger partial charge in [-0.3, -0.25) is 9.59 Å². The van der Waals surface area contributed by atoms with Crippen LogP contribution in [0.15, 0.2) is 132 Å². The SMILES string of the molecule is COC1=C(c2c[nH]c3ccccc23)C(=O)/C1=C\C1=[N+](C)c2ccc(Cl)cc2C1(C)C.COC1=C(c2cn(C)c3ccccc23)C(=O)/C1=C\C1=[N+](C)c2ccc(OC)cc2C1(C)C. The summed E-state index contributed by atoms with van der Waals surface area (Å²) in [7, 11) is 11.0. The van der Waals surface area contributed by atoms with E-state index in [0.29, 0.717) is 38.8 Å². The molecule has 2 aliphatic carbocycles. The van der Waals surface area contributed by atoms with E-state index >= 15 is 0 Å². The first-order chi connectivity index (χ1) is 29.6. The zero-order valence-corrected chi connectivity index (χ0v) is 37.4. The van der Waals surface area contributed by atoms with E-state index in [9.17, 15) is 9.59 Å². The molecule has 0 unspecified atom stereocenters. The molecule has 9 nitrogen and oxygen atoms in total. The number of hydrogen-bond acceptors (Lipinski definition) is 5. The van der Waals surface area contributed by atoms with E-state index in [4.69, 9.17) is 25.8 Å². The maximum Gasteiger partial charge on any atom is 0.209 e. The molecule has 0 saturated heterocycles. The highest BCUT2D eigenvalue weighted by Crippen LogP contribution is 2.47. The number of aromatic amines is 1. The van der Waals surface area contributed by atoms with E-state index in [-0.39, 0.29) is 22.4 Å². The summed E-state index contributed by atoms with van der Waals surface area (Å²) in [6.07, 6.45) is 7.84. The Morgan fingerprint density at radius 2 is 1.19 bits per heavy atom. The molecule has 4 heterocycles. The molecular formula is C52H49ClN4O5+2. The summed E-state index contributed by atoms with van der Waals surface area (Å²) in [4.78, 5) is 29.9. The van der Waals surface area contributed by atoms with Gasteiger partial charge in [0.05, 0.1) is 54.5 Å². The quantitative estimate of drug-likeness (QED) is 0.128. The Morgan fingerprint density at radius 3 is 1.79 bits per heavy atom. The van der Waals surface area contributed by atoms with E-state index in [1.54, 1.807) is 21.3 Å². The molecule has 0 atom stereocenters. The van der Waals surface area contributed by atoms with Crippen LogP contribution in [0.3, 0.4) is 0 Å². The largest absolute Gasteiger partial charge is 0.497 e. The number of allylic oxidation sites excluding steroid dienone is 6. The number of H-pyrrole nitrogens is 1. The van der Waals surface area contributed by atoms with Crippen molar-refractivity contribution in [2.24, 2.45) is 7.05 Å². The number of methoxy groups -OCH3 is 3. The molecule has 0 saturated carbocycles. The molecular weight excluding hydrogens is 796 g/mol. The van der Waals surface area contributed by atoms with Gasteiger partial charge in [0.2, 0.25) is 22.9 Å². The highest BCUT2D eigenvalue weighted by molar-refractivity contribution is 6.42.